The fourth-order valence-corrected chi connectivity index (χ4v) is 5.07. The molecule has 4 heterocycles. The molecule has 2 atom stereocenters. The maximum absolute atomic E-state index is 13.2. The number of rotatable bonds is 3. The van der Waals surface area contributed by atoms with E-state index >= 15 is 0 Å². The van der Waals surface area contributed by atoms with Gasteiger partial charge in [-0.05, 0) is 37.2 Å². The summed E-state index contributed by atoms with van der Waals surface area (Å²) in [6, 6.07) is 11.2. The van der Waals surface area contributed by atoms with E-state index in [0.717, 1.165) is 52.1 Å². The number of nitrogens with zero attached hydrogens (tertiary/aromatic N) is 3. The lowest BCUT2D eigenvalue weighted by Gasteiger charge is -2.36. The Morgan fingerprint density at radius 3 is 2.37 bits per heavy atom. The van der Waals surface area contributed by atoms with Crippen molar-refractivity contribution in [2.45, 2.75) is 45.2 Å². The van der Waals surface area contributed by atoms with Crippen LogP contribution in [0.3, 0.4) is 0 Å². The van der Waals surface area contributed by atoms with Crippen molar-refractivity contribution in [2.75, 3.05) is 32.7 Å². The van der Waals surface area contributed by atoms with E-state index in [-0.39, 0.29) is 11.8 Å². The molecule has 4 saturated heterocycles. The van der Waals surface area contributed by atoms with Crippen LogP contribution in [0.4, 0.5) is 0 Å². The lowest BCUT2D eigenvalue weighted by atomic mass is 9.94. The van der Waals surface area contributed by atoms with Crippen molar-refractivity contribution in [2.24, 2.45) is 11.8 Å². The quantitative estimate of drug-likeness (QED) is 0.822. The van der Waals surface area contributed by atoms with Crippen molar-refractivity contribution in [3.05, 3.63) is 35.9 Å². The van der Waals surface area contributed by atoms with E-state index in [0.29, 0.717) is 17.9 Å². The Morgan fingerprint density at radius 2 is 1.67 bits per heavy atom. The molecule has 0 radical (unpaired) electrons. The van der Waals surface area contributed by atoms with E-state index in [1.54, 1.807) is 6.92 Å². The van der Waals surface area contributed by atoms with Crippen molar-refractivity contribution in [1.29, 1.82) is 0 Å². The first-order valence-corrected chi connectivity index (χ1v) is 10.4. The molecule has 0 saturated carbocycles. The Balaban J connectivity index is 1.38. The molecule has 5 heteroatoms. The molecule has 0 unspecified atom stereocenters. The number of hydrogen-bond acceptors (Lipinski definition) is 3. The summed E-state index contributed by atoms with van der Waals surface area (Å²) in [7, 11) is 0. The highest BCUT2D eigenvalue weighted by molar-refractivity contribution is 5.80. The molecule has 1 aromatic carbocycles. The molecule has 0 N–H and O–H groups in total. The van der Waals surface area contributed by atoms with E-state index in [4.69, 9.17) is 0 Å². The van der Waals surface area contributed by atoms with E-state index in [2.05, 4.69) is 40.1 Å². The molecule has 5 nitrogen and oxygen atoms in total. The zero-order chi connectivity index (χ0) is 18.8. The summed E-state index contributed by atoms with van der Waals surface area (Å²) in [6.45, 7) is 6.95. The van der Waals surface area contributed by atoms with E-state index in [9.17, 15) is 9.59 Å². The van der Waals surface area contributed by atoms with Crippen LogP contribution in [0.25, 0.3) is 0 Å². The first-order valence-electron chi connectivity index (χ1n) is 10.4. The lowest BCUT2D eigenvalue weighted by Crippen LogP contribution is -2.46. The molecule has 4 fully saturated rings. The third-order valence-electron chi connectivity index (χ3n) is 6.66. The summed E-state index contributed by atoms with van der Waals surface area (Å²) in [5, 5.41) is 0. The molecule has 27 heavy (non-hydrogen) atoms. The van der Waals surface area contributed by atoms with Gasteiger partial charge in [-0.15, -0.1) is 0 Å². The summed E-state index contributed by atoms with van der Waals surface area (Å²) in [6.07, 6.45) is 4.07. The third-order valence-corrected chi connectivity index (χ3v) is 6.66. The second-order valence-electron chi connectivity index (χ2n) is 8.54. The lowest BCUT2D eigenvalue weighted by molar-refractivity contribution is -0.140. The summed E-state index contributed by atoms with van der Waals surface area (Å²) in [5.74, 6) is 1.15. The van der Waals surface area contributed by atoms with Crippen LogP contribution >= 0.6 is 0 Å². The van der Waals surface area contributed by atoms with Crippen LogP contribution in [0.1, 0.15) is 38.2 Å². The van der Waals surface area contributed by atoms with Crippen molar-refractivity contribution >= 4 is 11.8 Å². The number of likely N-dealkylation sites (tertiary alicyclic amines) is 1. The highest BCUT2D eigenvalue weighted by Gasteiger charge is 2.38. The first-order chi connectivity index (χ1) is 13.1. The van der Waals surface area contributed by atoms with E-state index in [1.165, 1.54) is 18.4 Å². The van der Waals surface area contributed by atoms with Gasteiger partial charge in [-0.2, -0.15) is 0 Å². The molecule has 4 aliphatic rings. The van der Waals surface area contributed by atoms with Gasteiger partial charge in [0, 0.05) is 58.2 Å². The van der Waals surface area contributed by atoms with Gasteiger partial charge in [0.05, 0.1) is 0 Å². The molecular formula is C22H31N3O2. The number of fused-ring (bicyclic) bond motifs is 4. The molecule has 4 aliphatic heterocycles. The van der Waals surface area contributed by atoms with Gasteiger partial charge in [0.25, 0.3) is 0 Å². The van der Waals surface area contributed by atoms with Gasteiger partial charge in [0.2, 0.25) is 11.8 Å². The molecule has 2 amide bonds. The normalized spacial score (nSPS) is 26.9. The monoisotopic (exact) mass is 369 g/mol. The molecule has 1 aromatic rings. The number of carbonyl (C=O) groups excluding carboxylic acids is 2. The predicted molar refractivity (Wildman–Crippen MR) is 105 cm³/mol. The molecule has 0 aliphatic carbocycles. The van der Waals surface area contributed by atoms with E-state index < -0.39 is 0 Å². The second kappa shape index (κ2) is 8.01. The van der Waals surface area contributed by atoms with Gasteiger partial charge < -0.3 is 9.80 Å². The summed E-state index contributed by atoms with van der Waals surface area (Å²) < 4.78 is 0. The van der Waals surface area contributed by atoms with Crippen LogP contribution < -0.4 is 0 Å². The minimum Gasteiger partial charge on any atom is -0.343 e. The van der Waals surface area contributed by atoms with Crippen molar-refractivity contribution in [3.63, 3.8) is 0 Å². The highest BCUT2D eigenvalue weighted by Crippen LogP contribution is 2.31. The predicted octanol–water partition coefficient (Wildman–Crippen LogP) is 2.37. The van der Waals surface area contributed by atoms with Gasteiger partial charge in [0.15, 0.2) is 0 Å². The Kier molecular flexibility index (Phi) is 5.48. The topological polar surface area (TPSA) is 43.9 Å². The van der Waals surface area contributed by atoms with Crippen LogP contribution in [0.15, 0.2) is 30.3 Å². The van der Waals surface area contributed by atoms with Crippen LogP contribution in [0.5, 0.6) is 0 Å². The maximum atomic E-state index is 13.2. The number of benzene rings is 1. The van der Waals surface area contributed by atoms with Crippen LogP contribution in [-0.2, 0) is 16.1 Å². The average Bonchev–Trinajstić information content (AvgIpc) is 3.00. The van der Waals surface area contributed by atoms with Crippen molar-refractivity contribution in [3.8, 4) is 0 Å². The first kappa shape index (κ1) is 18.5. The average molecular weight is 370 g/mol. The fourth-order valence-electron chi connectivity index (χ4n) is 5.07. The minimum absolute atomic E-state index is 0.0978. The van der Waals surface area contributed by atoms with Gasteiger partial charge in [0.1, 0.15) is 0 Å². The Labute approximate surface area is 162 Å². The van der Waals surface area contributed by atoms with E-state index in [1.807, 2.05) is 4.90 Å². The van der Waals surface area contributed by atoms with Gasteiger partial charge in [-0.25, -0.2) is 0 Å². The molecule has 146 valence electrons. The van der Waals surface area contributed by atoms with Gasteiger partial charge in [-0.1, -0.05) is 30.3 Å². The largest absolute Gasteiger partial charge is 0.343 e. The molecule has 0 spiro atoms. The SMILES string of the molecule is CC(=O)N1CCC(C(=O)N2C[C@H]3CC[C@@H](C2)N(Cc2ccccc2)C3)CC1. The maximum Gasteiger partial charge on any atom is 0.225 e. The fraction of sp³-hybridized carbons (Fsp3) is 0.636. The van der Waals surface area contributed by atoms with Crippen LogP contribution in [-0.4, -0.2) is 65.3 Å². The Bertz CT molecular complexity index is 669. The minimum atomic E-state index is 0.0978. The second-order valence-corrected chi connectivity index (χ2v) is 8.54. The Hall–Kier alpha value is -1.88. The Morgan fingerprint density at radius 1 is 0.926 bits per heavy atom. The summed E-state index contributed by atoms with van der Waals surface area (Å²) in [5.41, 5.74) is 1.36. The highest BCUT2D eigenvalue weighted by atomic mass is 16.2. The smallest absolute Gasteiger partial charge is 0.225 e. The molecule has 2 bridgehead atoms. The molecule has 5 rings (SSSR count). The molecular weight excluding hydrogens is 338 g/mol. The van der Waals surface area contributed by atoms with Gasteiger partial charge >= 0.3 is 0 Å². The third kappa shape index (κ3) is 4.18. The standard InChI is InChI=1S/C22H31N3O2/c1-17(26)23-11-9-20(10-12-23)22(27)25-15-19-7-8-21(16-25)24(14-19)13-18-5-3-2-4-6-18/h2-6,19-21H,7-16H2,1H3/t19-,21-/m0/s1. The number of hydrogen-bond donors (Lipinski definition) is 0. The number of carbonyl (C=O) groups is 2. The number of piperidine rings is 2. The summed E-state index contributed by atoms with van der Waals surface area (Å²) in [4.78, 5) is 31.3. The molecule has 0 aromatic heterocycles. The zero-order valence-electron chi connectivity index (χ0n) is 16.3. The van der Waals surface area contributed by atoms with Crippen LogP contribution in [0.2, 0.25) is 0 Å². The van der Waals surface area contributed by atoms with Crippen molar-refractivity contribution in [1.82, 2.24) is 14.7 Å². The van der Waals surface area contributed by atoms with Crippen LogP contribution in [0, 0.1) is 11.8 Å². The summed E-state index contributed by atoms with van der Waals surface area (Å²) >= 11 is 0. The number of amides is 2. The van der Waals surface area contributed by atoms with Gasteiger partial charge in [-0.3, -0.25) is 14.5 Å². The van der Waals surface area contributed by atoms with Crippen molar-refractivity contribution < 1.29 is 9.59 Å². The zero-order valence-corrected chi connectivity index (χ0v) is 16.3.